The number of alkyl carbamates (subject to hydrolysis) is 1. The second-order valence-corrected chi connectivity index (χ2v) is 9.92. The second kappa shape index (κ2) is 9.34. The van der Waals surface area contributed by atoms with Crippen LogP contribution in [0.5, 0.6) is 0 Å². The topological polar surface area (TPSA) is 125 Å². The van der Waals surface area contributed by atoms with Crippen LogP contribution in [0.3, 0.4) is 0 Å². The highest BCUT2D eigenvalue weighted by Crippen LogP contribution is 2.49. The summed E-state index contributed by atoms with van der Waals surface area (Å²) in [6, 6.07) is 14.4. The number of rotatable bonds is 7. The molecule has 6 atom stereocenters. The van der Waals surface area contributed by atoms with Crippen molar-refractivity contribution in [2.24, 2.45) is 17.8 Å². The smallest absolute Gasteiger partial charge is 0.407 e. The van der Waals surface area contributed by atoms with Crippen LogP contribution >= 0.6 is 0 Å². The first-order chi connectivity index (χ1) is 16.8. The minimum absolute atomic E-state index is 0.0605. The highest BCUT2D eigenvalue weighted by molar-refractivity contribution is 5.87. The van der Waals surface area contributed by atoms with Crippen molar-refractivity contribution in [1.29, 1.82) is 0 Å². The van der Waals surface area contributed by atoms with Crippen LogP contribution in [-0.2, 0) is 14.3 Å². The van der Waals surface area contributed by atoms with E-state index in [0.717, 1.165) is 41.5 Å². The van der Waals surface area contributed by atoms with E-state index in [1.165, 1.54) is 6.92 Å². The maximum atomic E-state index is 13.0. The number of nitrogens with one attached hydrogen (secondary N) is 2. The normalized spacial score (nSPS) is 25.9. The summed E-state index contributed by atoms with van der Waals surface area (Å²) in [5.74, 6) is -2.13. The molecule has 8 heteroatoms. The van der Waals surface area contributed by atoms with Gasteiger partial charge in [-0.25, -0.2) is 9.59 Å². The van der Waals surface area contributed by atoms with E-state index >= 15 is 0 Å². The van der Waals surface area contributed by atoms with Gasteiger partial charge in [0.25, 0.3) is 0 Å². The van der Waals surface area contributed by atoms with Crippen molar-refractivity contribution in [3.05, 3.63) is 59.7 Å². The summed E-state index contributed by atoms with van der Waals surface area (Å²) >= 11 is 0. The van der Waals surface area contributed by atoms with Crippen molar-refractivity contribution in [3.8, 4) is 11.1 Å². The molecule has 0 aliphatic heterocycles. The Morgan fingerprint density at radius 3 is 2.20 bits per heavy atom. The molecule has 2 bridgehead atoms. The summed E-state index contributed by atoms with van der Waals surface area (Å²) in [6.45, 7) is 1.51. The van der Waals surface area contributed by atoms with Gasteiger partial charge in [0.15, 0.2) is 6.04 Å². The number of hydrogen-bond acceptors (Lipinski definition) is 5. The average molecular weight is 479 g/mol. The van der Waals surface area contributed by atoms with E-state index in [1.54, 1.807) is 0 Å². The third-order valence-corrected chi connectivity index (χ3v) is 7.89. The maximum Gasteiger partial charge on any atom is 0.407 e. The molecule has 2 aromatic carbocycles. The summed E-state index contributed by atoms with van der Waals surface area (Å²) in [5.41, 5.74) is 4.54. The number of carboxylic acids is 1. The lowest BCUT2D eigenvalue weighted by Gasteiger charge is -2.31. The lowest BCUT2D eigenvalue weighted by molar-refractivity contribution is -0.146. The molecule has 4 unspecified atom stereocenters. The number of benzene rings is 2. The molecule has 0 radical (unpaired) electrons. The molecule has 5 rings (SSSR count). The van der Waals surface area contributed by atoms with Crippen LogP contribution in [0.15, 0.2) is 48.5 Å². The molecule has 0 aromatic heterocycles. The van der Waals surface area contributed by atoms with Gasteiger partial charge in [-0.15, -0.1) is 0 Å². The van der Waals surface area contributed by atoms with E-state index in [0.29, 0.717) is 0 Å². The fourth-order valence-electron chi connectivity index (χ4n) is 6.29. The summed E-state index contributed by atoms with van der Waals surface area (Å²) < 4.78 is 5.68. The summed E-state index contributed by atoms with van der Waals surface area (Å²) in [4.78, 5) is 37.3. The summed E-state index contributed by atoms with van der Waals surface area (Å²) in [7, 11) is 0. The quantitative estimate of drug-likeness (QED) is 0.485. The number of fused-ring (bicyclic) bond motifs is 5. The van der Waals surface area contributed by atoms with E-state index in [9.17, 15) is 24.6 Å². The van der Waals surface area contributed by atoms with Crippen molar-refractivity contribution in [2.45, 2.75) is 50.3 Å². The first-order valence-electron chi connectivity index (χ1n) is 12.2. The number of carboxylic acid groups (broad SMARTS) is 1. The number of aliphatic hydroxyl groups excluding tert-OH is 1. The summed E-state index contributed by atoms with van der Waals surface area (Å²) in [5, 5.41) is 24.4. The highest BCUT2D eigenvalue weighted by atomic mass is 16.5. The lowest BCUT2D eigenvalue weighted by atomic mass is 9.83. The number of carbonyl (C=O) groups is 3. The first-order valence-corrected chi connectivity index (χ1v) is 12.2. The monoisotopic (exact) mass is 478 g/mol. The Kier molecular flexibility index (Phi) is 6.23. The zero-order valence-corrected chi connectivity index (χ0v) is 19.5. The Bertz CT molecular complexity index is 1100. The lowest BCUT2D eigenvalue weighted by Crippen LogP contribution is -2.55. The van der Waals surface area contributed by atoms with E-state index in [-0.39, 0.29) is 24.4 Å². The molecule has 0 saturated heterocycles. The van der Waals surface area contributed by atoms with E-state index in [1.807, 2.05) is 24.3 Å². The van der Waals surface area contributed by atoms with Crippen LogP contribution in [-0.4, -0.2) is 53.0 Å². The molecule has 0 spiro atoms. The SMILES string of the molecule is C[C@@H](O)[C@H](NC(=O)C1C2CCC(C2)C1NC(=O)OCC1c2ccccc2-c2ccccc21)C(=O)O. The molecule has 184 valence electrons. The van der Waals surface area contributed by atoms with Gasteiger partial charge in [-0.3, -0.25) is 4.79 Å². The van der Waals surface area contributed by atoms with E-state index < -0.39 is 42.1 Å². The van der Waals surface area contributed by atoms with Crippen molar-refractivity contribution in [1.82, 2.24) is 10.6 Å². The fourth-order valence-corrected chi connectivity index (χ4v) is 6.29. The van der Waals surface area contributed by atoms with Crippen molar-refractivity contribution in [2.75, 3.05) is 6.61 Å². The van der Waals surface area contributed by atoms with Crippen LogP contribution in [0.1, 0.15) is 43.2 Å². The Labute approximate surface area is 203 Å². The molecule has 4 N–H and O–H groups in total. The van der Waals surface area contributed by atoms with Gasteiger partial charge in [0.05, 0.1) is 12.0 Å². The Balaban J connectivity index is 1.26. The van der Waals surface area contributed by atoms with Crippen molar-refractivity contribution in [3.63, 3.8) is 0 Å². The minimum atomic E-state index is -1.39. The van der Waals surface area contributed by atoms with Gasteiger partial charge >= 0.3 is 12.1 Å². The van der Waals surface area contributed by atoms with Gasteiger partial charge in [-0.2, -0.15) is 0 Å². The molecule has 2 aromatic rings. The molecule has 35 heavy (non-hydrogen) atoms. The Hall–Kier alpha value is -3.39. The third kappa shape index (κ3) is 4.27. The predicted molar refractivity (Wildman–Crippen MR) is 128 cm³/mol. The fraction of sp³-hybridized carbons (Fsp3) is 0.444. The second-order valence-electron chi connectivity index (χ2n) is 9.92. The van der Waals surface area contributed by atoms with Crippen molar-refractivity contribution >= 4 is 18.0 Å². The van der Waals surface area contributed by atoms with Gasteiger partial charge in [0.1, 0.15) is 6.61 Å². The number of hydrogen-bond donors (Lipinski definition) is 4. The highest BCUT2D eigenvalue weighted by Gasteiger charge is 2.52. The number of aliphatic carboxylic acids is 1. The molecule has 2 fully saturated rings. The number of carbonyl (C=O) groups excluding carboxylic acids is 2. The van der Waals surface area contributed by atoms with Gasteiger partial charge in [0.2, 0.25) is 5.91 Å². The van der Waals surface area contributed by atoms with Gasteiger partial charge < -0.3 is 25.6 Å². The average Bonchev–Trinajstić information content (AvgIpc) is 3.53. The van der Waals surface area contributed by atoms with Crippen LogP contribution in [0.25, 0.3) is 11.1 Å². The van der Waals surface area contributed by atoms with Gasteiger partial charge in [-0.1, -0.05) is 48.5 Å². The molecule has 2 amide bonds. The third-order valence-electron chi connectivity index (χ3n) is 7.89. The largest absolute Gasteiger partial charge is 0.480 e. The zero-order valence-electron chi connectivity index (χ0n) is 19.5. The molecular weight excluding hydrogens is 448 g/mol. The van der Waals surface area contributed by atoms with Crippen LogP contribution in [0.2, 0.25) is 0 Å². The number of aliphatic hydroxyl groups is 1. The standard InChI is InChI=1S/C27H30N2O6/c1-14(30)23(26(32)33)28-25(31)22-15-10-11-16(12-15)24(22)29-27(34)35-13-21-19-8-4-2-6-17(19)18-7-3-5-9-20(18)21/h2-9,14-16,21-24,30H,10-13H2,1H3,(H,28,31)(H,29,34)(H,32,33)/t14-,15?,16?,22?,23+,24?/m1/s1. The molecule has 3 aliphatic carbocycles. The van der Waals surface area contributed by atoms with Gasteiger partial charge in [0, 0.05) is 12.0 Å². The van der Waals surface area contributed by atoms with Crippen LogP contribution < -0.4 is 10.6 Å². The van der Waals surface area contributed by atoms with Crippen LogP contribution in [0.4, 0.5) is 4.79 Å². The zero-order chi connectivity index (χ0) is 24.7. The van der Waals surface area contributed by atoms with Crippen molar-refractivity contribution < 1.29 is 29.3 Å². The Morgan fingerprint density at radius 1 is 1.00 bits per heavy atom. The molecular formula is C27H30N2O6. The molecule has 8 nitrogen and oxygen atoms in total. The maximum absolute atomic E-state index is 13.0. The predicted octanol–water partition coefficient (Wildman–Crippen LogP) is 2.89. The molecule has 2 saturated carbocycles. The number of amides is 2. The van der Waals surface area contributed by atoms with Gasteiger partial charge in [-0.05, 0) is 60.3 Å². The Morgan fingerprint density at radius 2 is 1.60 bits per heavy atom. The summed E-state index contributed by atoms with van der Waals surface area (Å²) in [6.07, 6.45) is 0.759. The van der Waals surface area contributed by atoms with E-state index in [4.69, 9.17) is 4.74 Å². The van der Waals surface area contributed by atoms with Crippen LogP contribution in [0, 0.1) is 17.8 Å². The molecule has 3 aliphatic rings. The minimum Gasteiger partial charge on any atom is -0.480 e. The molecule has 0 heterocycles. The first kappa shape index (κ1) is 23.4. The van der Waals surface area contributed by atoms with E-state index in [2.05, 4.69) is 34.9 Å². The number of ether oxygens (including phenoxy) is 1.